The number of nitrogens with zero attached hydrogens (tertiary/aromatic N) is 2. The molecule has 0 aliphatic heterocycles. The van der Waals surface area contributed by atoms with Crippen LogP contribution in [0.1, 0.15) is 5.56 Å². The van der Waals surface area contributed by atoms with Gasteiger partial charge in [-0.25, -0.2) is 4.98 Å². The lowest BCUT2D eigenvalue weighted by atomic mass is 10.0. The Labute approximate surface area is 165 Å². The Hall–Kier alpha value is -3.44. The SMILES string of the molecule is Cc1ccc(-c2csc(-c3cc4c(ccc5ccccc54)o/c3=N\O)n2)cc1. The van der Waals surface area contributed by atoms with E-state index in [0.29, 0.717) is 11.1 Å². The number of rotatable bonds is 2. The molecule has 3 aromatic carbocycles. The third-order valence-electron chi connectivity index (χ3n) is 4.83. The Morgan fingerprint density at radius 2 is 1.79 bits per heavy atom. The van der Waals surface area contributed by atoms with Crippen LogP contribution < -0.4 is 5.55 Å². The summed E-state index contributed by atoms with van der Waals surface area (Å²) >= 11 is 1.50. The van der Waals surface area contributed by atoms with E-state index in [0.717, 1.165) is 32.4 Å². The molecule has 2 aromatic heterocycles. The van der Waals surface area contributed by atoms with Gasteiger partial charge >= 0.3 is 0 Å². The van der Waals surface area contributed by atoms with Crippen molar-refractivity contribution < 1.29 is 9.62 Å². The molecule has 5 heteroatoms. The molecule has 0 spiro atoms. The lowest BCUT2D eigenvalue weighted by molar-refractivity contribution is 0.277. The van der Waals surface area contributed by atoms with Gasteiger partial charge in [-0.3, -0.25) is 0 Å². The number of fused-ring (bicyclic) bond motifs is 3. The minimum absolute atomic E-state index is 0.160. The van der Waals surface area contributed by atoms with Gasteiger partial charge in [0.05, 0.1) is 11.3 Å². The van der Waals surface area contributed by atoms with E-state index in [1.54, 1.807) is 0 Å². The number of hydrogen-bond donors (Lipinski definition) is 1. The molecule has 1 N–H and O–H groups in total. The summed E-state index contributed by atoms with van der Waals surface area (Å²) < 4.78 is 5.89. The monoisotopic (exact) mass is 384 g/mol. The number of aromatic nitrogens is 1. The van der Waals surface area contributed by atoms with E-state index in [4.69, 9.17) is 9.40 Å². The van der Waals surface area contributed by atoms with E-state index < -0.39 is 0 Å². The van der Waals surface area contributed by atoms with Gasteiger partial charge in [-0.15, -0.1) is 11.3 Å². The molecule has 2 heterocycles. The molecule has 0 fully saturated rings. The lowest BCUT2D eigenvalue weighted by Crippen LogP contribution is -2.05. The number of aryl methyl sites for hydroxylation is 1. The summed E-state index contributed by atoms with van der Waals surface area (Å²) in [6.07, 6.45) is 0. The van der Waals surface area contributed by atoms with Crippen LogP contribution in [0.4, 0.5) is 0 Å². The van der Waals surface area contributed by atoms with Gasteiger partial charge in [0.25, 0.3) is 5.55 Å². The highest BCUT2D eigenvalue weighted by molar-refractivity contribution is 7.13. The van der Waals surface area contributed by atoms with E-state index in [9.17, 15) is 5.21 Å². The third kappa shape index (κ3) is 2.77. The minimum atomic E-state index is 0.160. The summed E-state index contributed by atoms with van der Waals surface area (Å²) in [4.78, 5) is 4.76. The number of hydrogen-bond acceptors (Lipinski definition) is 5. The highest BCUT2D eigenvalue weighted by atomic mass is 32.1. The zero-order valence-corrected chi connectivity index (χ0v) is 15.9. The Kier molecular flexibility index (Phi) is 3.95. The standard InChI is InChI=1S/C23H16N2O2S/c1-14-6-8-16(9-7-14)20-13-28-23(24-20)19-12-18-17-5-3-2-4-15(17)10-11-21(18)27-22(19)25-26/h2-13,26H,1H3/b25-22-. The molecule has 136 valence electrons. The summed E-state index contributed by atoms with van der Waals surface area (Å²) in [6.45, 7) is 2.06. The smallest absolute Gasteiger partial charge is 0.265 e. The fourth-order valence-corrected chi connectivity index (χ4v) is 4.20. The maximum atomic E-state index is 9.51. The summed E-state index contributed by atoms with van der Waals surface area (Å²) in [6, 6.07) is 22.3. The second-order valence-electron chi connectivity index (χ2n) is 6.67. The summed E-state index contributed by atoms with van der Waals surface area (Å²) in [7, 11) is 0. The van der Waals surface area contributed by atoms with Crippen LogP contribution in [0.25, 0.3) is 43.6 Å². The Morgan fingerprint density at radius 3 is 2.61 bits per heavy atom. The summed E-state index contributed by atoms with van der Waals surface area (Å²) in [5.41, 5.74) is 4.66. The van der Waals surface area contributed by atoms with Gasteiger partial charge < -0.3 is 9.62 Å². The van der Waals surface area contributed by atoms with Crippen molar-refractivity contribution in [3.05, 3.63) is 83.2 Å². The first kappa shape index (κ1) is 16.7. The largest absolute Gasteiger partial charge is 0.435 e. The average Bonchev–Trinajstić information content (AvgIpc) is 3.23. The highest BCUT2D eigenvalue weighted by Gasteiger charge is 2.13. The van der Waals surface area contributed by atoms with Gasteiger partial charge in [0, 0.05) is 16.3 Å². The molecule has 28 heavy (non-hydrogen) atoms. The van der Waals surface area contributed by atoms with Crippen LogP contribution in [0.15, 0.2) is 81.7 Å². The van der Waals surface area contributed by atoms with Crippen LogP contribution in [0.3, 0.4) is 0 Å². The van der Waals surface area contributed by atoms with Gasteiger partial charge in [-0.2, -0.15) is 0 Å². The van der Waals surface area contributed by atoms with Crippen molar-refractivity contribution >= 4 is 33.1 Å². The van der Waals surface area contributed by atoms with Crippen molar-refractivity contribution in [2.45, 2.75) is 6.92 Å². The van der Waals surface area contributed by atoms with Crippen LogP contribution in [0.2, 0.25) is 0 Å². The quantitative estimate of drug-likeness (QED) is 0.232. The molecule has 0 atom stereocenters. The fraction of sp³-hybridized carbons (Fsp3) is 0.0435. The Bertz CT molecular complexity index is 1380. The average molecular weight is 384 g/mol. The van der Waals surface area contributed by atoms with Crippen LogP contribution in [-0.2, 0) is 0 Å². The predicted molar refractivity (Wildman–Crippen MR) is 112 cm³/mol. The molecule has 0 saturated carbocycles. The summed E-state index contributed by atoms with van der Waals surface area (Å²) in [5.74, 6) is 0. The summed E-state index contributed by atoms with van der Waals surface area (Å²) in [5, 5.41) is 18.8. The van der Waals surface area contributed by atoms with Gasteiger partial charge in [-0.05, 0) is 35.0 Å². The van der Waals surface area contributed by atoms with Crippen molar-refractivity contribution in [1.82, 2.24) is 4.98 Å². The first-order chi connectivity index (χ1) is 13.7. The fourth-order valence-electron chi connectivity index (χ4n) is 3.36. The Balaban J connectivity index is 1.72. The van der Waals surface area contributed by atoms with Gasteiger partial charge in [0.2, 0.25) is 0 Å². The van der Waals surface area contributed by atoms with Crippen LogP contribution in [0.5, 0.6) is 0 Å². The second-order valence-corrected chi connectivity index (χ2v) is 7.53. The molecule has 0 aliphatic rings. The molecular weight excluding hydrogens is 368 g/mol. The number of thiazole rings is 1. The van der Waals surface area contributed by atoms with Gasteiger partial charge in [0.1, 0.15) is 10.6 Å². The minimum Gasteiger partial charge on any atom is -0.435 e. The third-order valence-corrected chi connectivity index (χ3v) is 5.70. The normalized spacial score (nSPS) is 12.1. The highest BCUT2D eigenvalue weighted by Crippen LogP contribution is 2.31. The molecular formula is C23H16N2O2S. The molecule has 5 rings (SSSR count). The van der Waals surface area contributed by atoms with E-state index in [1.807, 2.05) is 35.7 Å². The van der Waals surface area contributed by atoms with E-state index in [-0.39, 0.29) is 5.55 Å². The van der Waals surface area contributed by atoms with Crippen molar-refractivity contribution in [2.24, 2.45) is 5.16 Å². The van der Waals surface area contributed by atoms with Crippen molar-refractivity contribution in [3.63, 3.8) is 0 Å². The molecule has 0 unspecified atom stereocenters. The van der Waals surface area contributed by atoms with Gasteiger partial charge in [0.15, 0.2) is 0 Å². The lowest BCUT2D eigenvalue weighted by Gasteiger charge is -2.05. The first-order valence-corrected chi connectivity index (χ1v) is 9.77. The Morgan fingerprint density at radius 1 is 0.964 bits per heavy atom. The first-order valence-electron chi connectivity index (χ1n) is 8.89. The van der Waals surface area contributed by atoms with E-state index >= 15 is 0 Å². The van der Waals surface area contributed by atoms with Crippen LogP contribution in [-0.4, -0.2) is 10.2 Å². The molecule has 0 aliphatic carbocycles. The zero-order chi connectivity index (χ0) is 19.1. The van der Waals surface area contributed by atoms with Crippen molar-refractivity contribution in [1.29, 1.82) is 0 Å². The van der Waals surface area contributed by atoms with E-state index in [1.165, 1.54) is 16.9 Å². The number of benzene rings is 3. The molecule has 0 amide bonds. The molecule has 0 saturated heterocycles. The predicted octanol–water partition coefficient (Wildman–Crippen LogP) is 5.97. The maximum Gasteiger partial charge on any atom is 0.265 e. The van der Waals surface area contributed by atoms with E-state index in [2.05, 4.69) is 48.5 Å². The van der Waals surface area contributed by atoms with Crippen LogP contribution >= 0.6 is 11.3 Å². The topological polar surface area (TPSA) is 58.6 Å². The molecule has 4 nitrogen and oxygen atoms in total. The maximum absolute atomic E-state index is 9.51. The van der Waals surface area contributed by atoms with Gasteiger partial charge in [-0.1, -0.05) is 60.2 Å². The second kappa shape index (κ2) is 6.62. The molecule has 0 radical (unpaired) electrons. The van der Waals surface area contributed by atoms with Crippen molar-refractivity contribution in [2.75, 3.05) is 0 Å². The zero-order valence-electron chi connectivity index (χ0n) is 15.1. The molecule has 5 aromatic rings. The molecule has 0 bridgehead atoms. The van der Waals surface area contributed by atoms with Crippen molar-refractivity contribution in [3.8, 4) is 21.8 Å². The van der Waals surface area contributed by atoms with Crippen LogP contribution in [0, 0.1) is 6.92 Å².